The van der Waals surface area contributed by atoms with Gasteiger partial charge < -0.3 is 14.3 Å². The van der Waals surface area contributed by atoms with Crippen molar-refractivity contribution in [2.45, 2.75) is 25.9 Å². The highest BCUT2D eigenvalue weighted by molar-refractivity contribution is 6.35. The molecule has 0 bridgehead atoms. The lowest BCUT2D eigenvalue weighted by Crippen LogP contribution is -2.39. The smallest absolute Gasteiger partial charge is 0.348 e. The molecule has 22 heavy (non-hydrogen) atoms. The van der Waals surface area contributed by atoms with E-state index < -0.39 is 11.6 Å². The number of ketones is 1. The second-order valence-corrected chi connectivity index (χ2v) is 5.85. The van der Waals surface area contributed by atoms with Gasteiger partial charge in [-0.25, -0.2) is 4.79 Å². The minimum absolute atomic E-state index is 0.175. The fourth-order valence-electron chi connectivity index (χ4n) is 2.57. The number of carboxylic acids is 1. The summed E-state index contributed by atoms with van der Waals surface area (Å²) < 4.78 is 10.7. The Bertz CT molecular complexity index is 778. The maximum absolute atomic E-state index is 12.4. The number of benzene rings is 1. The van der Waals surface area contributed by atoms with Gasteiger partial charge in [0.15, 0.2) is 5.76 Å². The molecular formula is C16H13ClO5. The lowest BCUT2D eigenvalue weighted by molar-refractivity contribution is -0.152. The van der Waals surface area contributed by atoms with Crippen LogP contribution in [0.1, 0.15) is 34.2 Å². The number of fused-ring (bicyclic) bond motifs is 1. The molecule has 6 heteroatoms. The Morgan fingerprint density at radius 1 is 1.41 bits per heavy atom. The number of carbonyl (C=O) groups excluding carboxylic acids is 1. The van der Waals surface area contributed by atoms with Gasteiger partial charge in [0.1, 0.15) is 5.75 Å². The molecule has 1 N–H and O–H groups in total. The van der Waals surface area contributed by atoms with Crippen LogP contribution in [-0.2, 0) is 11.2 Å². The number of furan rings is 1. The standard InChI is InChI=1S/C16H13ClO5/c1-8-12(17)10(13(18)11-4-3-5-21-11)6-9-7-16(2,15(19)20)22-14(8)9/h3-6H,7H2,1-2H3,(H,19,20). The number of carbonyl (C=O) groups is 2. The highest BCUT2D eigenvalue weighted by Gasteiger charge is 2.43. The van der Waals surface area contributed by atoms with Crippen molar-refractivity contribution in [3.63, 3.8) is 0 Å². The Labute approximate surface area is 131 Å². The molecule has 1 aromatic carbocycles. The zero-order valence-electron chi connectivity index (χ0n) is 12.0. The van der Waals surface area contributed by atoms with Gasteiger partial charge in [-0.3, -0.25) is 4.79 Å². The van der Waals surface area contributed by atoms with Crippen molar-refractivity contribution in [2.24, 2.45) is 0 Å². The van der Waals surface area contributed by atoms with Crippen LogP contribution < -0.4 is 4.74 Å². The molecule has 0 spiro atoms. The van der Waals surface area contributed by atoms with Gasteiger partial charge in [-0.05, 0) is 37.6 Å². The Hall–Kier alpha value is -2.27. The summed E-state index contributed by atoms with van der Waals surface area (Å²) in [6, 6.07) is 4.76. The van der Waals surface area contributed by atoms with Gasteiger partial charge in [0.25, 0.3) is 0 Å². The lowest BCUT2D eigenvalue weighted by Gasteiger charge is -2.18. The first kappa shape index (κ1) is 14.7. The molecular weight excluding hydrogens is 308 g/mol. The van der Waals surface area contributed by atoms with E-state index in [0.29, 0.717) is 16.9 Å². The molecule has 3 rings (SSSR count). The summed E-state index contributed by atoms with van der Waals surface area (Å²) in [6.45, 7) is 3.20. The van der Waals surface area contributed by atoms with Crippen molar-refractivity contribution >= 4 is 23.4 Å². The summed E-state index contributed by atoms with van der Waals surface area (Å²) in [5.41, 5.74) is 0.148. The largest absolute Gasteiger partial charge is 0.478 e. The number of ether oxygens (including phenoxy) is 1. The van der Waals surface area contributed by atoms with Crippen LogP contribution in [0.4, 0.5) is 0 Å². The van der Waals surface area contributed by atoms with Gasteiger partial charge in [0, 0.05) is 17.5 Å². The van der Waals surface area contributed by atoms with Crippen LogP contribution in [0.5, 0.6) is 5.75 Å². The van der Waals surface area contributed by atoms with E-state index in [1.165, 1.54) is 13.2 Å². The van der Waals surface area contributed by atoms with Crippen molar-refractivity contribution in [1.29, 1.82) is 0 Å². The average molecular weight is 321 g/mol. The highest BCUT2D eigenvalue weighted by Crippen LogP contribution is 2.42. The fourth-order valence-corrected chi connectivity index (χ4v) is 2.80. The number of aliphatic carboxylic acids is 1. The van der Waals surface area contributed by atoms with E-state index in [1.807, 2.05) is 0 Å². The van der Waals surface area contributed by atoms with E-state index in [2.05, 4.69) is 0 Å². The average Bonchev–Trinajstić information content (AvgIpc) is 3.10. The first-order valence-corrected chi connectivity index (χ1v) is 7.04. The minimum Gasteiger partial charge on any atom is -0.478 e. The molecule has 0 saturated heterocycles. The van der Waals surface area contributed by atoms with Crippen LogP contribution in [0.3, 0.4) is 0 Å². The van der Waals surface area contributed by atoms with Crippen molar-refractivity contribution < 1.29 is 23.8 Å². The molecule has 114 valence electrons. The molecule has 0 fully saturated rings. The van der Waals surface area contributed by atoms with E-state index in [0.717, 1.165) is 0 Å². The summed E-state index contributed by atoms with van der Waals surface area (Å²) in [7, 11) is 0. The van der Waals surface area contributed by atoms with E-state index in [9.17, 15) is 14.7 Å². The van der Waals surface area contributed by atoms with Crippen LogP contribution in [0, 0.1) is 6.92 Å². The zero-order valence-corrected chi connectivity index (χ0v) is 12.7. The molecule has 2 heterocycles. The number of carboxylic acid groups (broad SMARTS) is 1. The fraction of sp³-hybridized carbons (Fsp3) is 0.250. The lowest BCUT2D eigenvalue weighted by atomic mass is 9.95. The Morgan fingerprint density at radius 3 is 2.73 bits per heavy atom. The molecule has 1 atom stereocenters. The third-order valence-corrected chi connectivity index (χ3v) is 4.30. The molecule has 1 unspecified atom stereocenters. The van der Waals surface area contributed by atoms with Gasteiger partial charge in [0.05, 0.1) is 11.3 Å². The van der Waals surface area contributed by atoms with Crippen LogP contribution >= 0.6 is 11.6 Å². The quantitative estimate of drug-likeness (QED) is 0.878. The van der Waals surface area contributed by atoms with Crippen molar-refractivity contribution in [1.82, 2.24) is 0 Å². The summed E-state index contributed by atoms with van der Waals surface area (Å²) in [5, 5.41) is 9.54. The van der Waals surface area contributed by atoms with Gasteiger partial charge in [-0.15, -0.1) is 0 Å². The topological polar surface area (TPSA) is 76.7 Å². The van der Waals surface area contributed by atoms with Gasteiger partial charge >= 0.3 is 5.97 Å². The zero-order chi connectivity index (χ0) is 16.1. The van der Waals surface area contributed by atoms with Crippen LogP contribution in [0.15, 0.2) is 28.9 Å². The Kier molecular flexibility index (Phi) is 3.25. The van der Waals surface area contributed by atoms with Crippen LogP contribution in [0.2, 0.25) is 5.02 Å². The van der Waals surface area contributed by atoms with E-state index in [1.54, 1.807) is 25.1 Å². The third kappa shape index (κ3) is 2.09. The van der Waals surface area contributed by atoms with Gasteiger partial charge in [0.2, 0.25) is 11.4 Å². The molecule has 1 aromatic heterocycles. The minimum atomic E-state index is -1.34. The number of halogens is 1. The van der Waals surface area contributed by atoms with Crippen LogP contribution in [-0.4, -0.2) is 22.5 Å². The molecule has 0 radical (unpaired) electrons. The first-order chi connectivity index (χ1) is 10.3. The van der Waals surface area contributed by atoms with Crippen molar-refractivity contribution in [3.05, 3.63) is 51.9 Å². The Balaban J connectivity index is 2.09. The first-order valence-electron chi connectivity index (χ1n) is 6.66. The molecule has 0 amide bonds. The molecule has 2 aromatic rings. The van der Waals surface area contributed by atoms with Gasteiger partial charge in [-0.1, -0.05) is 11.6 Å². The van der Waals surface area contributed by atoms with Crippen molar-refractivity contribution in [3.8, 4) is 5.75 Å². The van der Waals surface area contributed by atoms with E-state index in [4.69, 9.17) is 20.8 Å². The van der Waals surface area contributed by atoms with E-state index in [-0.39, 0.29) is 28.6 Å². The maximum atomic E-state index is 12.4. The summed E-state index contributed by atoms with van der Waals surface area (Å²) >= 11 is 6.27. The number of hydrogen-bond acceptors (Lipinski definition) is 4. The second-order valence-electron chi connectivity index (χ2n) is 5.47. The summed E-state index contributed by atoms with van der Waals surface area (Å²) in [6.07, 6.45) is 1.58. The summed E-state index contributed by atoms with van der Waals surface area (Å²) in [5.74, 6) is -0.782. The Morgan fingerprint density at radius 2 is 2.14 bits per heavy atom. The normalized spacial score (nSPS) is 19.6. The van der Waals surface area contributed by atoms with Crippen molar-refractivity contribution in [2.75, 3.05) is 0 Å². The number of hydrogen-bond donors (Lipinski definition) is 1. The van der Waals surface area contributed by atoms with Crippen LogP contribution in [0.25, 0.3) is 0 Å². The van der Waals surface area contributed by atoms with E-state index >= 15 is 0 Å². The summed E-state index contributed by atoms with van der Waals surface area (Å²) in [4.78, 5) is 23.8. The monoisotopic (exact) mass is 320 g/mol. The predicted octanol–water partition coefficient (Wildman–Crippen LogP) is 3.25. The molecule has 0 aliphatic carbocycles. The molecule has 5 nitrogen and oxygen atoms in total. The third-order valence-electron chi connectivity index (χ3n) is 3.81. The van der Waals surface area contributed by atoms with Gasteiger partial charge in [-0.2, -0.15) is 0 Å². The number of rotatable bonds is 3. The molecule has 1 aliphatic heterocycles. The highest BCUT2D eigenvalue weighted by atomic mass is 35.5. The molecule has 1 aliphatic rings. The predicted molar refractivity (Wildman–Crippen MR) is 78.7 cm³/mol. The SMILES string of the molecule is Cc1c(Cl)c(C(=O)c2ccco2)cc2c1OC(C)(C(=O)O)C2. The second kappa shape index (κ2) is 4.88. The molecule has 0 saturated carbocycles. The maximum Gasteiger partial charge on any atom is 0.348 e.